The van der Waals surface area contributed by atoms with Crippen molar-refractivity contribution in [3.05, 3.63) is 0 Å². The highest BCUT2D eigenvalue weighted by Crippen LogP contribution is 2.29. The molecule has 0 aromatic carbocycles. The van der Waals surface area contributed by atoms with Gasteiger partial charge in [-0.05, 0) is 31.6 Å². The average Bonchev–Trinajstić information content (AvgIpc) is 2.26. The van der Waals surface area contributed by atoms with Crippen molar-refractivity contribution in [2.45, 2.75) is 58.6 Å². The van der Waals surface area contributed by atoms with Gasteiger partial charge in [0, 0.05) is 19.7 Å². The van der Waals surface area contributed by atoms with Crippen LogP contribution in [0.4, 0.5) is 0 Å². The molecule has 0 aliphatic heterocycles. The van der Waals surface area contributed by atoms with E-state index in [-0.39, 0.29) is 0 Å². The zero-order valence-electron chi connectivity index (χ0n) is 10.8. The lowest BCUT2D eigenvalue weighted by atomic mass is 9.79. The summed E-state index contributed by atoms with van der Waals surface area (Å²) in [6.45, 7) is 7.82. The van der Waals surface area contributed by atoms with Crippen LogP contribution < -0.4 is 5.32 Å². The molecule has 0 saturated heterocycles. The smallest absolute Gasteiger partial charge is 0.0667 e. The van der Waals surface area contributed by atoms with Gasteiger partial charge in [0.2, 0.25) is 0 Å². The van der Waals surface area contributed by atoms with E-state index < -0.39 is 0 Å². The van der Waals surface area contributed by atoms with E-state index >= 15 is 0 Å². The highest BCUT2D eigenvalue weighted by Gasteiger charge is 2.23. The molecule has 1 saturated carbocycles. The number of nitrogens with one attached hydrogen (secondary N) is 1. The van der Waals surface area contributed by atoms with Crippen molar-refractivity contribution in [3.8, 4) is 0 Å². The Balaban J connectivity index is 2.24. The normalized spacial score (nSPS) is 29.4. The molecular weight excluding hydrogens is 186 g/mol. The summed E-state index contributed by atoms with van der Waals surface area (Å²) in [5, 5.41) is 3.63. The van der Waals surface area contributed by atoms with Gasteiger partial charge in [0.1, 0.15) is 0 Å². The maximum atomic E-state index is 5.25. The van der Waals surface area contributed by atoms with Crippen LogP contribution in [0.15, 0.2) is 0 Å². The molecule has 3 unspecified atom stereocenters. The van der Waals surface area contributed by atoms with E-state index in [1.165, 1.54) is 25.7 Å². The lowest BCUT2D eigenvalue weighted by molar-refractivity contribution is 0.109. The zero-order valence-corrected chi connectivity index (χ0v) is 10.8. The minimum atomic E-state index is 0.337. The predicted molar refractivity (Wildman–Crippen MR) is 65.1 cm³/mol. The first-order valence-electron chi connectivity index (χ1n) is 6.39. The van der Waals surface area contributed by atoms with Gasteiger partial charge in [-0.2, -0.15) is 0 Å². The maximum Gasteiger partial charge on any atom is 0.0667 e. The summed E-state index contributed by atoms with van der Waals surface area (Å²) < 4.78 is 5.25. The molecule has 0 amide bonds. The third-order valence-corrected chi connectivity index (χ3v) is 3.75. The van der Waals surface area contributed by atoms with E-state index in [2.05, 4.69) is 26.1 Å². The second kappa shape index (κ2) is 6.49. The lowest BCUT2D eigenvalue weighted by Gasteiger charge is -2.32. The average molecular weight is 213 g/mol. The molecule has 1 rings (SSSR count). The Morgan fingerprint density at radius 2 is 2.00 bits per heavy atom. The fourth-order valence-electron chi connectivity index (χ4n) is 2.43. The van der Waals surface area contributed by atoms with E-state index in [1.807, 2.05) is 0 Å². The van der Waals surface area contributed by atoms with E-state index in [9.17, 15) is 0 Å². The molecule has 0 radical (unpaired) electrons. The number of rotatable bonds is 5. The molecule has 15 heavy (non-hydrogen) atoms. The summed E-state index contributed by atoms with van der Waals surface area (Å²) in [6.07, 6.45) is 5.86. The van der Waals surface area contributed by atoms with Crippen LogP contribution in [0, 0.1) is 11.8 Å². The Hall–Kier alpha value is -0.0800. The second-order valence-corrected chi connectivity index (χ2v) is 5.32. The molecule has 0 aromatic heterocycles. The predicted octanol–water partition coefficient (Wildman–Crippen LogP) is 2.83. The van der Waals surface area contributed by atoms with Crippen LogP contribution in [-0.2, 0) is 4.74 Å². The SMILES string of the molecule is COC(C)CNC1CCCC(C(C)C)C1. The highest BCUT2D eigenvalue weighted by molar-refractivity contribution is 4.79. The fraction of sp³-hybridized carbons (Fsp3) is 1.00. The van der Waals surface area contributed by atoms with Gasteiger partial charge in [0.25, 0.3) is 0 Å². The molecule has 3 atom stereocenters. The Morgan fingerprint density at radius 1 is 1.27 bits per heavy atom. The summed E-state index contributed by atoms with van der Waals surface area (Å²) in [5.74, 6) is 1.77. The van der Waals surface area contributed by atoms with Gasteiger partial charge in [-0.3, -0.25) is 0 Å². The van der Waals surface area contributed by atoms with Crippen LogP contribution in [0.3, 0.4) is 0 Å². The van der Waals surface area contributed by atoms with Gasteiger partial charge in [-0.15, -0.1) is 0 Å². The molecule has 1 aliphatic carbocycles. The van der Waals surface area contributed by atoms with E-state index in [1.54, 1.807) is 7.11 Å². The highest BCUT2D eigenvalue weighted by atomic mass is 16.5. The van der Waals surface area contributed by atoms with Gasteiger partial charge in [-0.25, -0.2) is 0 Å². The Bertz CT molecular complexity index is 170. The molecular formula is C13H27NO. The van der Waals surface area contributed by atoms with E-state index in [0.717, 1.165) is 24.4 Å². The third kappa shape index (κ3) is 4.52. The van der Waals surface area contributed by atoms with E-state index in [0.29, 0.717) is 6.10 Å². The molecule has 1 fully saturated rings. The van der Waals surface area contributed by atoms with Crippen molar-refractivity contribution in [2.75, 3.05) is 13.7 Å². The Morgan fingerprint density at radius 3 is 2.60 bits per heavy atom. The van der Waals surface area contributed by atoms with Crippen LogP contribution in [0.2, 0.25) is 0 Å². The van der Waals surface area contributed by atoms with Gasteiger partial charge >= 0.3 is 0 Å². The van der Waals surface area contributed by atoms with Crippen molar-refractivity contribution < 1.29 is 4.74 Å². The summed E-state index contributed by atoms with van der Waals surface area (Å²) >= 11 is 0. The van der Waals surface area contributed by atoms with Crippen LogP contribution in [0.1, 0.15) is 46.5 Å². The summed E-state index contributed by atoms with van der Waals surface area (Å²) in [5.41, 5.74) is 0. The molecule has 0 bridgehead atoms. The van der Waals surface area contributed by atoms with Crippen LogP contribution in [0.5, 0.6) is 0 Å². The molecule has 2 heteroatoms. The standard InChI is InChI=1S/C13H27NO/c1-10(2)12-6-5-7-13(8-12)14-9-11(3)15-4/h10-14H,5-9H2,1-4H3. The second-order valence-electron chi connectivity index (χ2n) is 5.32. The van der Waals surface area contributed by atoms with Gasteiger partial charge in [0.05, 0.1) is 6.10 Å². The van der Waals surface area contributed by atoms with Crippen LogP contribution in [-0.4, -0.2) is 25.8 Å². The number of hydrogen-bond acceptors (Lipinski definition) is 2. The number of hydrogen-bond donors (Lipinski definition) is 1. The quantitative estimate of drug-likeness (QED) is 0.758. The van der Waals surface area contributed by atoms with E-state index in [4.69, 9.17) is 4.74 Å². The zero-order chi connectivity index (χ0) is 11.3. The van der Waals surface area contributed by atoms with Crippen LogP contribution in [0.25, 0.3) is 0 Å². The molecule has 90 valence electrons. The number of methoxy groups -OCH3 is 1. The summed E-state index contributed by atoms with van der Waals surface area (Å²) in [4.78, 5) is 0. The topological polar surface area (TPSA) is 21.3 Å². The van der Waals surface area contributed by atoms with Crippen molar-refractivity contribution in [2.24, 2.45) is 11.8 Å². The summed E-state index contributed by atoms with van der Waals surface area (Å²) in [6, 6.07) is 0.726. The van der Waals surface area contributed by atoms with Crippen molar-refractivity contribution >= 4 is 0 Å². The molecule has 1 N–H and O–H groups in total. The van der Waals surface area contributed by atoms with Crippen LogP contribution >= 0.6 is 0 Å². The van der Waals surface area contributed by atoms with Crippen molar-refractivity contribution in [1.29, 1.82) is 0 Å². The van der Waals surface area contributed by atoms with Crippen molar-refractivity contribution in [3.63, 3.8) is 0 Å². The third-order valence-electron chi connectivity index (χ3n) is 3.75. The first-order valence-corrected chi connectivity index (χ1v) is 6.39. The molecule has 0 spiro atoms. The minimum Gasteiger partial charge on any atom is -0.380 e. The first kappa shape index (κ1) is 13.0. The van der Waals surface area contributed by atoms with Gasteiger partial charge in [0.15, 0.2) is 0 Å². The Labute approximate surface area is 94.8 Å². The minimum absolute atomic E-state index is 0.337. The largest absolute Gasteiger partial charge is 0.380 e. The first-order chi connectivity index (χ1) is 7.13. The monoisotopic (exact) mass is 213 g/mol. The molecule has 0 heterocycles. The molecule has 0 aromatic rings. The van der Waals surface area contributed by atoms with Gasteiger partial charge in [-0.1, -0.05) is 26.7 Å². The maximum absolute atomic E-state index is 5.25. The number of ether oxygens (including phenoxy) is 1. The molecule has 2 nitrogen and oxygen atoms in total. The molecule has 1 aliphatic rings. The Kier molecular flexibility index (Phi) is 5.62. The summed E-state index contributed by atoms with van der Waals surface area (Å²) in [7, 11) is 1.78. The fourth-order valence-corrected chi connectivity index (χ4v) is 2.43. The van der Waals surface area contributed by atoms with Gasteiger partial charge < -0.3 is 10.1 Å². The lowest BCUT2D eigenvalue weighted by Crippen LogP contribution is -2.39. The van der Waals surface area contributed by atoms with Crippen molar-refractivity contribution in [1.82, 2.24) is 5.32 Å².